The minimum Gasteiger partial charge on any atom is -0.348 e. The van der Waals surface area contributed by atoms with Crippen molar-refractivity contribution in [3.8, 4) is 11.3 Å². The van der Waals surface area contributed by atoms with Crippen LogP contribution in [0.5, 0.6) is 0 Å². The minimum atomic E-state index is -0.315. The van der Waals surface area contributed by atoms with Crippen molar-refractivity contribution in [3.63, 3.8) is 0 Å². The van der Waals surface area contributed by atoms with Crippen molar-refractivity contribution in [2.45, 2.75) is 54.1 Å². The lowest BCUT2D eigenvalue weighted by atomic mass is 10.0. The van der Waals surface area contributed by atoms with Crippen molar-refractivity contribution in [2.24, 2.45) is 0 Å². The monoisotopic (exact) mass is 486 g/mol. The number of aryl methyl sites for hydroxylation is 3. The number of nitrogens with one attached hydrogen (secondary N) is 3. The standard InChI is InChI=1S/C27H30N6O3/c1-14(2)33-25-24(17(5)32-33)21(26(35)28-13-22-15(3)11-16(4)29-27(22)36)12-23(31-25)19-7-9-20(10-8-19)30-18(6)34/h7-12,14H,13H2,1-6H3,(H,28,35)(H,29,36)(H,30,34). The van der Waals surface area contributed by atoms with E-state index in [1.807, 2.05) is 57.5 Å². The Kier molecular flexibility index (Phi) is 6.74. The van der Waals surface area contributed by atoms with Gasteiger partial charge in [-0.3, -0.25) is 14.4 Å². The lowest BCUT2D eigenvalue weighted by molar-refractivity contribution is -0.114. The van der Waals surface area contributed by atoms with Crippen molar-refractivity contribution in [3.05, 3.63) is 74.8 Å². The minimum absolute atomic E-state index is 0.0378. The van der Waals surface area contributed by atoms with Crippen LogP contribution in [0, 0.1) is 20.8 Å². The summed E-state index contributed by atoms with van der Waals surface area (Å²) in [5.74, 6) is -0.468. The maximum absolute atomic E-state index is 13.5. The number of H-pyrrole nitrogens is 1. The highest BCUT2D eigenvalue weighted by Gasteiger charge is 2.21. The topological polar surface area (TPSA) is 122 Å². The zero-order valence-electron chi connectivity index (χ0n) is 21.3. The van der Waals surface area contributed by atoms with Crippen LogP contribution in [0.1, 0.15) is 59.7 Å². The molecule has 0 aliphatic rings. The molecule has 0 unspecified atom stereocenters. The molecule has 186 valence electrons. The van der Waals surface area contributed by atoms with Gasteiger partial charge in [-0.05, 0) is 64.4 Å². The van der Waals surface area contributed by atoms with Crippen LogP contribution in [0.4, 0.5) is 5.69 Å². The number of aromatic nitrogens is 4. The highest BCUT2D eigenvalue weighted by Crippen LogP contribution is 2.29. The zero-order chi connectivity index (χ0) is 26.1. The largest absolute Gasteiger partial charge is 0.348 e. The Morgan fingerprint density at radius 2 is 1.78 bits per heavy atom. The highest BCUT2D eigenvalue weighted by molar-refractivity contribution is 6.07. The van der Waals surface area contributed by atoms with Gasteiger partial charge in [0.2, 0.25) is 5.91 Å². The van der Waals surface area contributed by atoms with Crippen LogP contribution in [-0.2, 0) is 11.3 Å². The predicted octanol–water partition coefficient (Wildman–Crippen LogP) is 4.18. The number of hydrogen-bond donors (Lipinski definition) is 3. The first-order chi connectivity index (χ1) is 17.0. The number of amides is 2. The lowest BCUT2D eigenvalue weighted by Gasteiger charge is -2.12. The van der Waals surface area contributed by atoms with Gasteiger partial charge in [0, 0.05) is 42.0 Å². The Labute approximate surface area is 209 Å². The molecular formula is C27H30N6O3. The molecule has 1 aromatic carbocycles. The van der Waals surface area contributed by atoms with E-state index in [2.05, 4.69) is 20.7 Å². The normalized spacial score (nSPS) is 11.2. The van der Waals surface area contributed by atoms with Crippen molar-refractivity contribution in [1.29, 1.82) is 0 Å². The van der Waals surface area contributed by atoms with Gasteiger partial charge >= 0.3 is 0 Å². The molecule has 4 rings (SSSR count). The third-order valence-electron chi connectivity index (χ3n) is 5.99. The summed E-state index contributed by atoms with van der Waals surface area (Å²) in [4.78, 5) is 44.9. The number of nitrogens with zero attached hydrogens (tertiary/aromatic N) is 3. The molecule has 36 heavy (non-hydrogen) atoms. The average Bonchev–Trinajstić information content (AvgIpc) is 3.14. The molecule has 0 aliphatic heterocycles. The SMILES string of the molecule is CC(=O)Nc1ccc(-c2cc(C(=O)NCc3c(C)cc(C)[nH]c3=O)c3c(C)nn(C(C)C)c3n2)cc1. The van der Waals surface area contributed by atoms with E-state index in [0.29, 0.717) is 39.2 Å². The van der Waals surface area contributed by atoms with Crippen LogP contribution < -0.4 is 16.2 Å². The quantitative estimate of drug-likeness (QED) is 0.377. The summed E-state index contributed by atoms with van der Waals surface area (Å²) in [6.07, 6.45) is 0. The second-order valence-electron chi connectivity index (χ2n) is 9.26. The molecule has 9 nitrogen and oxygen atoms in total. The first kappa shape index (κ1) is 24.8. The number of carbonyl (C=O) groups is 2. The Balaban J connectivity index is 1.78. The second kappa shape index (κ2) is 9.77. The fourth-order valence-corrected chi connectivity index (χ4v) is 4.29. The molecular weight excluding hydrogens is 456 g/mol. The molecule has 0 spiro atoms. The molecule has 0 bridgehead atoms. The van der Waals surface area contributed by atoms with Gasteiger partial charge in [0.15, 0.2) is 5.65 Å². The van der Waals surface area contributed by atoms with Gasteiger partial charge in [-0.1, -0.05) is 12.1 Å². The van der Waals surface area contributed by atoms with Gasteiger partial charge in [0.25, 0.3) is 11.5 Å². The second-order valence-corrected chi connectivity index (χ2v) is 9.26. The zero-order valence-corrected chi connectivity index (χ0v) is 21.3. The maximum atomic E-state index is 13.5. The molecule has 0 saturated carbocycles. The van der Waals surface area contributed by atoms with E-state index >= 15 is 0 Å². The molecule has 0 aliphatic carbocycles. The Bertz CT molecular complexity index is 1530. The maximum Gasteiger partial charge on any atom is 0.253 e. The van der Waals surface area contributed by atoms with Gasteiger partial charge in [-0.25, -0.2) is 9.67 Å². The van der Waals surface area contributed by atoms with Crippen molar-refractivity contribution in [1.82, 2.24) is 25.1 Å². The van der Waals surface area contributed by atoms with Crippen LogP contribution in [0.25, 0.3) is 22.3 Å². The van der Waals surface area contributed by atoms with Crippen molar-refractivity contribution >= 4 is 28.5 Å². The molecule has 0 saturated heterocycles. The van der Waals surface area contributed by atoms with E-state index < -0.39 is 0 Å². The van der Waals surface area contributed by atoms with E-state index in [4.69, 9.17) is 4.98 Å². The number of rotatable bonds is 6. The van der Waals surface area contributed by atoms with Gasteiger partial charge in [0.05, 0.1) is 22.3 Å². The molecule has 2 amide bonds. The van der Waals surface area contributed by atoms with Gasteiger partial charge in [-0.15, -0.1) is 0 Å². The van der Waals surface area contributed by atoms with E-state index in [-0.39, 0.29) is 30.0 Å². The number of aromatic amines is 1. The summed E-state index contributed by atoms with van der Waals surface area (Å²) in [7, 11) is 0. The molecule has 9 heteroatoms. The lowest BCUT2D eigenvalue weighted by Crippen LogP contribution is -2.28. The van der Waals surface area contributed by atoms with Gasteiger partial charge < -0.3 is 15.6 Å². The van der Waals surface area contributed by atoms with Crippen LogP contribution >= 0.6 is 0 Å². The summed E-state index contributed by atoms with van der Waals surface area (Å²) >= 11 is 0. The Morgan fingerprint density at radius 1 is 1.08 bits per heavy atom. The molecule has 0 fully saturated rings. The van der Waals surface area contributed by atoms with Gasteiger partial charge in [0.1, 0.15) is 0 Å². The number of carbonyl (C=O) groups excluding carboxylic acids is 2. The number of fused-ring (bicyclic) bond motifs is 1. The fraction of sp³-hybridized carbons (Fsp3) is 0.296. The average molecular weight is 487 g/mol. The van der Waals surface area contributed by atoms with Crippen LogP contribution in [0.2, 0.25) is 0 Å². The molecule has 0 radical (unpaired) electrons. The smallest absolute Gasteiger partial charge is 0.253 e. The van der Waals surface area contributed by atoms with Crippen molar-refractivity contribution < 1.29 is 9.59 Å². The van der Waals surface area contributed by atoms with E-state index in [0.717, 1.165) is 16.8 Å². The van der Waals surface area contributed by atoms with E-state index in [1.165, 1.54) is 6.92 Å². The third-order valence-corrected chi connectivity index (χ3v) is 5.99. The predicted molar refractivity (Wildman–Crippen MR) is 140 cm³/mol. The summed E-state index contributed by atoms with van der Waals surface area (Å²) in [5, 5.41) is 11.0. The van der Waals surface area contributed by atoms with Crippen LogP contribution in [0.3, 0.4) is 0 Å². The van der Waals surface area contributed by atoms with E-state index in [1.54, 1.807) is 18.2 Å². The van der Waals surface area contributed by atoms with Crippen LogP contribution in [0.15, 0.2) is 41.2 Å². The molecule has 0 atom stereocenters. The molecule has 3 N–H and O–H groups in total. The summed E-state index contributed by atoms with van der Waals surface area (Å²) < 4.78 is 1.81. The number of pyridine rings is 2. The highest BCUT2D eigenvalue weighted by atomic mass is 16.2. The third kappa shape index (κ3) is 4.91. The molecule has 3 aromatic heterocycles. The fourth-order valence-electron chi connectivity index (χ4n) is 4.29. The first-order valence-electron chi connectivity index (χ1n) is 11.8. The molecule has 3 heterocycles. The van der Waals surface area contributed by atoms with Crippen molar-refractivity contribution in [2.75, 3.05) is 5.32 Å². The number of benzene rings is 1. The number of hydrogen-bond acceptors (Lipinski definition) is 5. The Hall–Kier alpha value is -4.27. The first-order valence-corrected chi connectivity index (χ1v) is 11.8. The van der Waals surface area contributed by atoms with Crippen LogP contribution in [-0.4, -0.2) is 31.6 Å². The van der Waals surface area contributed by atoms with Gasteiger partial charge in [-0.2, -0.15) is 5.10 Å². The van der Waals surface area contributed by atoms with E-state index in [9.17, 15) is 14.4 Å². The summed E-state index contributed by atoms with van der Waals surface area (Å²) in [5.41, 5.74) is 5.72. The Morgan fingerprint density at radius 3 is 2.39 bits per heavy atom. The summed E-state index contributed by atoms with van der Waals surface area (Å²) in [6, 6.07) is 10.9. The number of anilines is 1. The molecule has 4 aromatic rings. The summed E-state index contributed by atoms with van der Waals surface area (Å²) in [6.45, 7) is 11.1.